The number of fused-ring (bicyclic) bond motifs is 1. The number of likely N-dealkylation sites (tertiary alicyclic amines) is 1. The first-order valence-corrected chi connectivity index (χ1v) is 12.9. The van der Waals surface area contributed by atoms with Crippen LogP contribution in [0.4, 0.5) is 4.79 Å². The van der Waals surface area contributed by atoms with Gasteiger partial charge in [-0.1, -0.05) is 23.4 Å². The number of hydrogen-bond acceptors (Lipinski definition) is 8. The Labute approximate surface area is 226 Å². The zero-order valence-electron chi connectivity index (χ0n) is 20.2. The molecule has 1 aromatic carbocycles. The molecule has 2 unspecified atom stereocenters. The monoisotopic (exact) mass is 580 g/mol. The van der Waals surface area contributed by atoms with Crippen LogP contribution in [0.5, 0.6) is 0 Å². The highest BCUT2D eigenvalue weighted by Crippen LogP contribution is 2.22. The molecule has 2 aliphatic heterocycles. The number of aromatic nitrogens is 2. The van der Waals surface area contributed by atoms with Crippen molar-refractivity contribution in [3.63, 3.8) is 0 Å². The average molecular weight is 581 g/mol. The van der Waals surface area contributed by atoms with Crippen LogP contribution in [0.3, 0.4) is 0 Å². The molecule has 1 fully saturated rings. The fraction of sp³-hybridized carbons (Fsp3) is 0.308. The molecule has 0 aliphatic carbocycles. The maximum atomic E-state index is 13.1. The molecule has 5 rings (SSSR count). The number of halogens is 1. The summed E-state index contributed by atoms with van der Waals surface area (Å²) in [7, 11) is 0. The topological polar surface area (TPSA) is 135 Å². The number of oxime groups is 1. The molecule has 3 aromatic rings. The Balaban J connectivity index is 1.24. The molecule has 12 heteroatoms. The minimum atomic E-state index is -0.831. The van der Waals surface area contributed by atoms with Crippen LogP contribution in [-0.4, -0.2) is 68.7 Å². The molecule has 11 nitrogen and oxygen atoms in total. The molecule has 3 amide bonds. The smallest absolute Gasteiger partial charge is 0.410 e. The third-order valence-corrected chi connectivity index (χ3v) is 6.78. The van der Waals surface area contributed by atoms with Crippen LogP contribution in [0.2, 0.25) is 0 Å². The number of ether oxygens (including phenoxy) is 1. The van der Waals surface area contributed by atoms with Crippen LogP contribution in [-0.2, 0) is 21.0 Å². The summed E-state index contributed by atoms with van der Waals surface area (Å²) in [4.78, 5) is 53.9. The zero-order valence-corrected chi connectivity index (χ0v) is 21.8. The predicted octanol–water partition coefficient (Wildman–Crippen LogP) is 2.75. The Morgan fingerprint density at radius 3 is 2.82 bits per heavy atom. The van der Waals surface area contributed by atoms with Gasteiger partial charge in [-0.2, -0.15) is 0 Å². The highest BCUT2D eigenvalue weighted by Gasteiger charge is 2.41. The van der Waals surface area contributed by atoms with Gasteiger partial charge in [0.15, 0.2) is 6.10 Å². The van der Waals surface area contributed by atoms with E-state index in [0.29, 0.717) is 16.6 Å². The second kappa shape index (κ2) is 11.5. The van der Waals surface area contributed by atoms with E-state index in [1.807, 2.05) is 30.3 Å². The lowest BCUT2D eigenvalue weighted by Gasteiger charge is -2.23. The molecular weight excluding hydrogens is 556 g/mol. The van der Waals surface area contributed by atoms with Crippen molar-refractivity contribution < 1.29 is 24.0 Å². The van der Waals surface area contributed by atoms with Gasteiger partial charge in [-0.25, -0.2) is 4.79 Å². The first-order chi connectivity index (χ1) is 18.5. The second-order valence-corrected chi connectivity index (χ2v) is 9.97. The quantitative estimate of drug-likeness (QED) is 0.438. The van der Waals surface area contributed by atoms with Crippen molar-refractivity contribution in [3.05, 3.63) is 72.2 Å². The highest BCUT2D eigenvalue weighted by molar-refractivity contribution is 9.18. The first kappa shape index (κ1) is 25.6. The predicted molar refractivity (Wildman–Crippen MR) is 141 cm³/mol. The van der Waals surface area contributed by atoms with Gasteiger partial charge >= 0.3 is 6.09 Å². The number of amides is 3. The van der Waals surface area contributed by atoms with Gasteiger partial charge in [0.25, 0.3) is 5.91 Å². The molecule has 38 heavy (non-hydrogen) atoms. The number of benzene rings is 1. The lowest BCUT2D eigenvalue weighted by Crippen LogP contribution is -2.47. The van der Waals surface area contributed by atoms with Gasteiger partial charge in [0, 0.05) is 48.5 Å². The highest BCUT2D eigenvalue weighted by atomic mass is 79.9. The van der Waals surface area contributed by atoms with Crippen molar-refractivity contribution in [3.8, 4) is 0 Å². The van der Waals surface area contributed by atoms with E-state index < -0.39 is 18.2 Å². The number of carbonyl (C=O) groups excluding carboxylic acids is 3. The lowest BCUT2D eigenvalue weighted by molar-refractivity contribution is -0.125. The summed E-state index contributed by atoms with van der Waals surface area (Å²) < 4.78 is 6.24. The standard InChI is InChI=1S/C26H25BrN6O5/c27-23-10-20(38-32-23)13-30-25(35)22-9-19(31-24(34)18-5-3-7-28-12-18)14-33(22)26(36)37-15-16-8-17-4-1-2-6-21(17)29-11-16/h1-8,11-12,19-20,22H,9-10,13-15H2,(H,30,35)(H,31,34)/t19?,20-,22?/m0/s1. The molecule has 0 bridgehead atoms. The van der Waals surface area contributed by atoms with Gasteiger partial charge in [0.1, 0.15) is 17.3 Å². The molecular formula is C26H25BrN6O5. The SMILES string of the molecule is O=C(NC1CC(C(=O)NC[C@@H]2CC(Br)=NO2)N(C(=O)OCc2cnc3ccccc3c2)C1)c1cccnc1. The molecule has 2 aliphatic rings. The summed E-state index contributed by atoms with van der Waals surface area (Å²) in [6, 6.07) is 11.6. The molecule has 2 N–H and O–H groups in total. The maximum absolute atomic E-state index is 13.1. The zero-order chi connectivity index (χ0) is 26.5. The Hall–Kier alpha value is -4.06. The summed E-state index contributed by atoms with van der Waals surface area (Å²) in [6.45, 7) is 0.343. The van der Waals surface area contributed by atoms with E-state index in [9.17, 15) is 14.4 Å². The molecule has 4 heterocycles. The summed E-state index contributed by atoms with van der Waals surface area (Å²) in [5, 5.41) is 10.5. The van der Waals surface area contributed by atoms with Gasteiger partial charge in [0.05, 0.1) is 17.6 Å². The van der Waals surface area contributed by atoms with E-state index in [1.54, 1.807) is 24.5 Å². The van der Waals surface area contributed by atoms with E-state index in [4.69, 9.17) is 9.57 Å². The van der Waals surface area contributed by atoms with Crippen LogP contribution >= 0.6 is 15.9 Å². The number of carbonyl (C=O) groups is 3. The normalized spacial score (nSPS) is 20.5. The Bertz CT molecular complexity index is 1370. The van der Waals surface area contributed by atoms with E-state index in [1.165, 1.54) is 11.1 Å². The Morgan fingerprint density at radius 1 is 1.16 bits per heavy atom. The first-order valence-electron chi connectivity index (χ1n) is 12.1. The largest absolute Gasteiger partial charge is 0.444 e. The number of para-hydroxylation sites is 1. The van der Waals surface area contributed by atoms with Crippen molar-refractivity contribution in [2.75, 3.05) is 13.1 Å². The molecule has 196 valence electrons. The maximum Gasteiger partial charge on any atom is 0.410 e. The van der Waals surface area contributed by atoms with Crippen LogP contribution < -0.4 is 10.6 Å². The molecule has 0 radical (unpaired) electrons. The summed E-state index contributed by atoms with van der Waals surface area (Å²) >= 11 is 3.27. The molecule has 0 spiro atoms. The number of pyridine rings is 2. The number of hydrogen-bond donors (Lipinski definition) is 2. The van der Waals surface area contributed by atoms with Gasteiger partial charge < -0.3 is 20.2 Å². The summed E-state index contributed by atoms with van der Waals surface area (Å²) in [5.74, 6) is -0.694. The minimum Gasteiger partial charge on any atom is -0.444 e. The van der Waals surface area contributed by atoms with Gasteiger partial charge in [-0.05, 0) is 46.6 Å². The van der Waals surface area contributed by atoms with Crippen molar-refractivity contribution in [1.29, 1.82) is 0 Å². The molecule has 1 saturated heterocycles. The molecule has 3 atom stereocenters. The Morgan fingerprint density at radius 2 is 2.03 bits per heavy atom. The second-order valence-electron chi connectivity index (χ2n) is 9.05. The van der Waals surface area contributed by atoms with Crippen LogP contribution in [0.25, 0.3) is 10.9 Å². The Kier molecular flexibility index (Phi) is 7.78. The van der Waals surface area contributed by atoms with Crippen molar-refractivity contribution in [1.82, 2.24) is 25.5 Å². The van der Waals surface area contributed by atoms with Gasteiger partial charge in [-0.15, -0.1) is 0 Å². The van der Waals surface area contributed by atoms with Crippen LogP contribution in [0, 0.1) is 0 Å². The van der Waals surface area contributed by atoms with E-state index >= 15 is 0 Å². The average Bonchev–Trinajstić information content (AvgIpc) is 3.56. The third-order valence-electron chi connectivity index (χ3n) is 6.31. The molecule has 0 saturated carbocycles. The van der Waals surface area contributed by atoms with Crippen molar-refractivity contribution in [2.24, 2.45) is 5.16 Å². The van der Waals surface area contributed by atoms with E-state index in [2.05, 4.69) is 41.7 Å². The lowest BCUT2D eigenvalue weighted by atomic mass is 10.1. The molecule has 2 aromatic heterocycles. The van der Waals surface area contributed by atoms with Crippen LogP contribution in [0.15, 0.2) is 66.2 Å². The number of rotatable bonds is 7. The fourth-order valence-electron chi connectivity index (χ4n) is 4.42. The summed E-state index contributed by atoms with van der Waals surface area (Å²) in [5.41, 5.74) is 1.96. The van der Waals surface area contributed by atoms with Gasteiger partial charge in [0.2, 0.25) is 5.91 Å². The van der Waals surface area contributed by atoms with E-state index in [-0.39, 0.29) is 44.0 Å². The minimum absolute atomic E-state index is 0.00447. The van der Waals surface area contributed by atoms with E-state index in [0.717, 1.165) is 16.5 Å². The van der Waals surface area contributed by atoms with Crippen LogP contribution in [0.1, 0.15) is 28.8 Å². The summed E-state index contributed by atoms with van der Waals surface area (Å²) in [6.07, 6.45) is 4.52. The van der Waals surface area contributed by atoms with Crippen molar-refractivity contribution in [2.45, 2.75) is 37.6 Å². The fourth-order valence-corrected chi connectivity index (χ4v) is 4.86. The number of nitrogens with one attached hydrogen (secondary N) is 2. The number of nitrogens with zero attached hydrogens (tertiary/aromatic N) is 4. The third kappa shape index (κ3) is 6.08. The van der Waals surface area contributed by atoms with Gasteiger partial charge in [-0.3, -0.25) is 24.5 Å². The van der Waals surface area contributed by atoms with Crippen molar-refractivity contribution >= 4 is 49.4 Å².